The molecule has 0 aromatic carbocycles. The summed E-state index contributed by atoms with van der Waals surface area (Å²) >= 11 is 0. The standard InChI is InChI=1S/C8H9N3O2/c1-11-7(12)2-3-13-6-4-9-5-10-8(6)11/h4-5H,2-3H2,1H3. The summed E-state index contributed by atoms with van der Waals surface area (Å²) in [5, 5.41) is 0. The van der Waals surface area contributed by atoms with Gasteiger partial charge in [-0.1, -0.05) is 0 Å². The van der Waals surface area contributed by atoms with Gasteiger partial charge in [0, 0.05) is 7.05 Å². The van der Waals surface area contributed by atoms with E-state index in [0.29, 0.717) is 24.6 Å². The first kappa shape index (κ1) is 7.97. The summed E-state index contributed by atoms with van der Waals surface area (Å²) in [6.07, 6.45) is 3.35. The highest BCUT2D eigenvalue weighted by atomic mass is 16.5. The molecule has 2 rings (SSSR count). The SMILES string of the molecule is CN1C(=O)CCOc2cncnc21. The van der Waals surface area contributed by atoms with Gasteiger partial charge in [0.1, 0.15) is 6.33 Å². The molecule has 0 saturated heterocycles. The lowest BCUT2D eigenvalue weighted by atomic mass is 10.4. The maximum Gasteiger partial charge on any atom is 0.231 e. The first-order chi connectivity index (χ1) is 6.29. The molecule has 2 heterocycles. The van der Waals surface area contributed by atoms with Gasteiger partial charge in [0.2, 0.25) is 5.91 Å². The summed E-state index contributed by atoms with van der Waals surface area (Å²) in [5.41, 5.74) is 0. The minimum absolute atomic E-state index is 0.0115. The van der Waals surface area contributed by atoms with E-state index in [1.54, 1.807) is 13.2 Å². The van der Waals surface area contributed by atoms with Crippen molar-refractivity contribution in [3.8, 4) is 5.75 Å². The zero-order valence-electron chi connectivity index (χ0n) is 7.23. The van der Waals surface area contributed by atoms with Gasteiger partial charge in [0.05, 0.1) is 19.2 Å². The van der Waals surface area contributed by atoms with Crippen molar-refractivity contribution in [2.24, 2.45) is 0 Å². The lowest BCUT2D eigenvalue weighted by Crippen LogP contribution is -2.25. The number of amides is 1. The van der Waals surface area contributed by atoms with E-state index in [-0.39, 0.29) is 5.91 Å². The van der Waals surface area contributed by atoms with Crippen molar-refractivity contribution in [3.05, 3.63) is 12.5 Å². The van der Waals surface area contributed by atoms with Crippen molar-refractivity contribution < 1.29 is 9.53 Å². The quantitative estimate of drug-likeness (QED) is 0.571. The predicted molar refractivity (Wildman–Crippen MR) is 45.6 cm³/mol. The second kappa shape index (κ2) is 3.01. The Hall–Kier alpha value is -1.65. The van der Waals surface area contributed by atoms with Gasteiger partial charge >= 0.3 is 0 Å². The molecule has 0 spiro atoms. The Kier molecular flexibility index (Phi) is 1.84. The minimum Gasteiger partial charge on any atom is -0.488 e. The molecule has 0 saturated carbocycles. The molecule has 68 valence electrons. The first-order valence-electron chi connectivity index (χ1n) is 3.98. The number of fused-ring (bicyclic) bond motifs is 1. The summed E-state index contributed by atoms with van der Waals surface area (Å²) in [7, 11) is 1.68. The number of carbonyl (C=O) groups excluding carboxylic acids is 1. The van der Waals surface area contributed by atoms with Crippen LogP contribution in [0, 0.1) is 0 Å². The monoisotopic (exact) mass is 179 g/mol. The summed E-state index contributed by atoms with van der Waals surface area (Å²) in [4.78, 5) is 20.7. The van der Waals surface area contributed by atoms with Crippen molar-refractivity contribution in [3.63, 3.8) is 0 Å². The van der Waals surface area contributed by atoms with Crippen LogP contribution < -0.4 is 9.64 Å². The van der Waals surface area contributed by atoms with Crippen LogP contribution in [0.1, 0.15) is 6.42 Å². The average molecular weight is 179 g/mol. The maximum absolute atomic E-state index is 11.4. The Morgan fingerprint density at radius 1 is 1.62 bits per heavy atom. The van der Waals surface area contributed by atoms with E-state index in [0.717, 1.165) is 0 Å². The van der Waals surface area contributed by atoms with Crippen molar-refractivity contribution in [1.82, 2.24) is 9.97 Å². The molecule has 0 N–H and O–H groups in total. The topological polar surface area (TPSA) is 55.3 Å². The predicted octanol–water partition coefficient (Wildman–Crippen LogP) is 0.222. The molecule has 0 atom stereocenters. The van der Waals surface area contributed by atoms with Crippen LogP contribution in [0.2, 0.25) is 0 Å². The average Bonchev–Trinajstić information content (AvgIpc) is 2.29. The van der Waals surface area contributed by atoms with Crippen LogP contribution in [0.15, 0.2) is 12.5 Å². The molecule has 0 unspecified atom stereocenters. The number of nitrogens with zero attached hydrogens (tertiary/aromatic N) is 3. The summed E-state index contributed by atoms with van der Waals surface area (Å²) in [6, 6.07) is 0. The van der Waals surface area contributed by atoms with Gasteiger partial charge in [-0.05, 0) is 0 Å². The molecule has 1 aliphatic heterocycles. The van der Waals surface area contributed by atoms with Crippen LogP contribution in [0.4, 0.5) is 5.82 Å². The Morgan fingerprint density at radius 2 is 2.46 bits per heavy atom. The molecule has 1 aliphatic rings. The van der Waals surface area contributed by atoms with Crippen LogP contribution in [0.25, 0.3) is 0 Å². The summed E-state index contributed by atoms with van der Waals surface area (Å²) < 4.78 is 5.30. The Bertz CT molecular complexity index is 340. The summed E-state index contributed by atoms with van der Waals surface area (Å²) in [6.45, 7) is 0.392. The van der Waals surface area contributed by atoms with Crippen molar-refractivity contribution in [2.45, 2.75) is 6.42 Å². The van der Waals surface area contributed by atoms with E-state index in [2.05, 4.69) is 9.97 Å². The zero-order valence-corrected chi connectivity index (χ0v) is 7.23. The van der Waals surface area contributed by atoms with E-state index in [1.165, 1.54) is 11.2 Å². The maximum atomic E-state index is 11.4. The van der Waals surface area contributed by atoms with Gasteiger partial charge in [-0.25, -0.2) is 9.97 Å². The number of aromatic nitrogens is 2. The highest BCUT2D eigenvalue weighted by molar-refractivity contribution is 5.93. The van der Waals surface area contributed by atoms with Gasteiger partial charge in [-0.15, -0.1) is 0 Å². The van der Waals surface area contributed by atoms with Gasteiger partial charge in [-0.2, -0.15) is 0 Å². The lowest BCUT2D eigenvalue weighted by molar-refractivity contribution is -0.118. The molecular weight excluding hydrogens is 170 g/mol. The molecule has 1 aromatic rings. The smallest absolute Gasteiger partial charge is 0.231 e. The highest BCUT2D eigenvalue weighted by Crippen LogP contribution is 2.25. The second-order valence-corrected chi connectivity index (χ2v) is 2.76. The fraction of sp³-hybridized carbons (Fsp3) is 0.375. The van der Waals surface area contributed by atoms with Crippen LogP contribution in [0.3, 0.4) is 0 Å². The van der Waals surface area contributed by atoms with Gasteiger partial charge in [0.25, 0.3) is 0 Å². The van der Waals surface area contributed by atoms with Crippen LogP contribution >= 0.6 is 0 Å². The van der Waals surface area contributed by atoms with E-state index < -0.39 is 0 Å². The molecule has 1 amide bonds. The number of carbonyl (C=O) groups is 1. The first-order valence-corrected chi connectivity index (χ1v) is 3.98. The Balaban J connectivity index is 2.46. The van der Waals surface area contributed by atoms with Crippen LogP contribution in [0.5, 0.6) is 5.75 Å². The molecule has 5 nitrogen and oxygen atoms in total. The largest absolute Gasteiger partial charge is 0.488 e. The molecule has 5 heteroatoms. The molecule has 0 bridgehead atoms. The summed E-state index contributed by atoms with van der Waals surface area (Å²) in [5.74, 6) is 1.12. The molecular formula is C8H9N3O2. The second-order valence-electron chi connectivity index (χ2n) is 2.76. The molecule has 1 aromatic heterocycles. The fourth-order valence-electron chi connectivity index (χ4n) is 1.20. The van der Waals surface area contributed by atoms with E-state index in [9.17, 15) is 4.79 Å². The number of anilines is 1. The lowest BCUT2D eigenvalue weighted by Gasteiger charge is -2.13. The molecule has 0 aliphatic carbocycles. The molecule has 13 heavy (non-hydrogen) atoms. The van der Waals surface area contributed by atoms with Crippen molar-refractivity contribution in [2.75, 3.05) is 18.6 Å². The van der Waals surface area contributed by atoms with E-state index in [1.807, 2.05) is 0 Å². The number of rotatable bonds is 0. The van der Waals surface area contributed by atoms with E-state index >= 15 is 0 Å². The third kappa shape index (κ3) is 1.32. The van der Waals surface area contributed by atoms with Gasteiger partial charge < -0.3 is 4.74 Å². The van der Waals surface area contributed by atoms with Gasteiger partial charge in [0.15, 0.2) is 11.6 Å². The Morgan fingerprint density at radius 3 is 3.31 bits per heavy atom. The number of hydrogen-bond acceptors (Lipinski definition) is 4. The van der Waals surface area contributed by atoms with Crippen LogP contribution in [-0.4, -0.2) is 29.5 Å². The third-order valence-electron chi connectivity index (χ3n) is 1.92. The Labute approximate surface area is 75.4 Å². The molecule has 0 fully saturated rings. The van der Waals surface area contributed by atoms with E-state index in [4.69, 9.17) is 4.74 Å². The van der Waals surface area contributed by atoms with Crippen molar-refractivity contribution in [1.29, 1.82) is 0 Å². The normalized spacial score (nSPS) is 16.1. The van der Waals surface area contributed by atoms with Crippen molar-refractivity contribution >= 4 is 11.7 Å². The highest BCUT2D eigenvalue weighted by Gasteiger charge is 2.20. The van der Waals surface area contributed by atoms with Gasteiger partial charge in [-0.3, -0.25) is 9.69 Å². The molecule has 0 radical (unpaired) electrons. The number of hydrogen-bond donors (Lipinski definition) is 0. The minimum atomic E-state index is 0.0115. The number of ether oxygens (including phenoxy) is 1. The van der Waals surface area contributed by atoms with Crippen LogP contribution in [-0.2, 0) is 4.79 Å². The fourth-order valence-corrected chi connectivity index (χ4v) is 1.20. The third-order valence-corrected chi connectivity index (χ3v) is 1.92. The zero-order chi connectivity index (χ0) is 9.26.